The lowest BCUT2D eigenvalue weighted by atomic mass is 10.0. The molecule has 2 nitrogen and oxygen atoms in total. The van der Waals surface area contributed by atoms with Crippen LogP contribution in [0.5, 0.6) is 0 Å². The van der Waals surface area contributed by atoms with Crippen LogP contribution in [0.1, 0.15) is 5.48 Å². The van der Waals surface area contributed by atoms with Gasteiger partial charge in [0.25, 0.3) is 0 Å². The molecule has 8 rings (SSSR count). The third kappa shape index (κ3) is 2.61. The van der Waals surface area contributed by atoms with Crippen LogP contribution < -0.4 is 0 Å². The molecule has 0 N–H and O–H groups in total. The largest absolute Gasteiger partial charge is 0.309 e. The number of para-hydroxylation sites is 3. The Hall–Kier alpha value is -4.82. The van der Waals surface area contributed by atoms with E-state index >= 15 is 0 Å². The molecule has 8 aromatic rings. The van der Waals surface area contributed by atoms with E-state index in [1.807, 2.05) is 42.5 Å². The maximum Gasteiger partial charge on any atom is 0.0645 e. The fraction of sp³-hybridized carbons (Fsp3) is 0. The van der Waals surface area contributed by atoms with E-state index in [1.165, 1.54) is 0 Å². The Kier molecular flexibility index (Phi) is 3.25. The summed E-state index contributed by atoms with van der Waals surface area (Å²) in [6.07, 6.45) is 0. The van der Waals surface area contributed by atoms with Gasteiger partial charge in [-0.05, 0) is 59.3 Å². The second kappa shape index (κ2) is 7.34. The molecule has 0 unspecified atom stereocenters. The van der Waals surface area contributed by atoms with Crippen LogP contribution in [0.25, 0.3) is 65.8 Å². The Morgan fingerprint density at radius 3 is 1.89 bits per heavy atom. The number of rotatable bonds is 2. The normalized spacial score (nSPS) is 13.4. The van der Waals surface area contributed by atoms with Crippen molar-refractivity contribution in [3.05, 3.63) is 133 Å². The summed E-state index contributed by atoms with van der Waals surface area (Å²) in [5.74, 6) is 0. The lowest BCUT2D eigenvalue weighted by Gasteiger charge is -2.10. The first-order valence-electron chi connectivity index (χ1n) is 14.0. The van der Waals surface area contributed by atoms with Gasteiger partial charge in [0.05, 0.1) is 27.5 Å². The predicted molar refractivity (Wildman–Crippen MR) is 153 cm³/mol. The first-order chi connectivity index (χ1) is 19.5. The molecule has 2 heteroatoms. The van der Waals surface area contributed by atoms with E-state index in [0.29, 0.717) is 11.4 Å². The topological polar surface area (TPSA) is 9.86 Å². The highest BCUT2D eigenvalue weighted by Gasteiger charge is 2.19. The van der Waals surface area contributed by atoms with Crippen molar-refractivity contribution in [3.8, 4) is 11.4 Å². The Labute approximate surface area is 213 Å². The molecule has 0 saturated carbocycles. The first-order valence-corrected chi connectivity index (χ1v) is 12.0. The van der Waals surface area contributed by atoms with Crippen LogP contribution >= 0.6 is 0 Å². The lowest BCUT2D eigenvalue weighted by Crippen LogP contribution is -1.95. The number of hydrogen-bond acceptors (Lipinski definition) is 0. The second-order valence-electron chi connectivity index (χ2n) is 9.12. The van der Waals surface area contributed by atoms with Crippen LogP contribution in [0.15, 0.2) is 133 Å². The molecule has 2 heterocycles. The summed E-state index contributed by atoms with van der Waals surface area (Å²) in [5, 5.41) is 6.59. The summed E-state index contributed by atoms with van der Waals surface area (Å²) < 4.78 is 38.4. The van der Waals surface area contributed by atoms with Gasteiger partial charge in [-0.1, -0.05) is 84.9 Å². The molecule has 168 valence electrons. The van der Waals surface area contributed by atoms with Crippen LogP contribution in [0, 0.1) is 0 Å². The molecule has 0 aliphatic rings. The van der Waals surface area contributed by atoms with Gasteiger partial charge in [-0.2, -0.15) is 0 Å². The molecule has 0 aliphatic heterocycles. The summed E-state index contributed by atoms with van der Waals surface area (Å²) in [7, 11) is 0. The average Bonchev–Trinajstić information content (AvgIpc) is 3.47. The molecule has 2 aromatic heterocycles. The Morgan fingerprint density at radius 1 is 0.444 bits per heavy atom. The Balaban J connectivity index is 1.64. The van der Waals surface area contributed by atoms with E-state index in [0.717, 1.165) is 54.4 Å². The fourth-order valence-electron chi connectivity index (χ4n) is 5.72. The lowest BCUT2D eigenvalue weighted by molar-refractivity contribution is 1.16. The number of fused-ring (bicyclic) bond motifs is 8. The van der Waals surface area contributed by atoms with E-state index in [-0.39, 0.29) is 24.2 Å². The molecule has 0 amide bonds. The molecule has 0 fully saturated rings. The van der Waals surface area contributed by atoms with E-state index in [9.17, 15) is 0 Å². The van der Waals surface area contributed by atoms with Crippen molar-refractivity contribution in [2.75, 3.05) is 0 Å². The van der Waals surface area contributed by atoms with Crippen LogP contribution in [0.3, 0.4) is 0 Å². The Morgan fingerprint density at radius 2 is 1.08 bits per heavy atom. The smallest absolute Gasteiger partial charge is 0.0645 e. The number of nitrogens with zero attached hydrogens (tertiary/aromatic N) is 2. The van der Waals surface area contributed by atoms with E-state index in [4.69, 9.17) is 5.48 Å². The Bertz CT molecular complexity index is 2330. The van der Waals surface area contributed by atoms with E-state index < -0.39 is 0 Å². The molecular formula is C34H22N2. The van der Waals surface area contributed by atoms with Crippen LogP contribution in [-0.2, 0) is 0 Å². The molecule has 36 heavy (non-hydrogen) atoms. The highest BCUT2D eigenvalue weighted by atomic mass is 15.0. The van der Waals surface area contributed by atoms with Crippen molar-refractivity contribution in [3.63, 3.8) is 0 Å². The zero-order valence-corrected chi connectivity index (χ0v) is 19.3. The summed E-state index contributed by atoms with van der Waals surface area (Å²) in [5.41, 5.74) is 5.11. The third-order valence-electron chi connectivity index (χ3n) is 7.20. The minimum absolute atomic E-state index is 0.172. The standard InChI is InChI=1S/C34H22N2/c1-3-12-24(13-4-1)35-30-18-10-9-17-27(30)28-21-29-33(22-32(28)35)36(25-14-5-2-6-15-25)31-20-19-23-11-7-8-16-26(23)34(29)31/h1-22H/i3D,5D,12D,14D. The minimum atomic E-state index is 0.172. The van der Waals surface area contributed by atoms with Gasteiger partial charge in [0.15, 0.2) is 0 Å². The van der Waals surface area contributed by atoms with Gasteiger partial charge in [-0.25, -0.2) is 0 Å². The molecular weight excluding hydrogens is 436 g/mol. The van der Waals surface area contributed by atoms with Gasteiger partial charge < -0.3 is 9.13 Å². The van der Waals surface area contributed by atoms with Crippen molar-refractivity contribution in [1.82, 2.24) is 9.13 Å². The van der Waals surface area contributed by atoms with Gasteiger partial charge in [-0.3, -0.25) is 0 Å². The molecule has 0 atom stereocenters. The highest BCUT2D eigenvalue weighted by molar-refractivity contribution is 6.25. The first kappa shape index (κ1) is 16.0. The molecule has 6 aromatic carbocycles. The SMILES string of the molecule is [2H]c1cccc(-n2c3ccccc3c3cc4c5c6ccccc6ccc5n(-c5cccc([2H])c5[2H])c4cc32)c1[2H]. The zero-order valence-electron chi connectivity index (χ0n) is 23.3. The van der Waals surface area contributed by atoms with Crippen LogP contribution in [-0.4, -0.2) is 9.13 Å². The van der Waals surface area contributed by atoms with Crippen molar-refractivity contribution in [2.24, 2.45) is 0 Å². The summed E-state index contributed by atoms with van der Waals surface area (Å²) >= 11 is 0. The van der Waals surface area contributed by atoms with Crippen LogP contribution in [0.4, 0.5) is 0 Å². The minimum Gasteiger partial charge on any atom is -0.309 e. The average molecular weight is 463 g/mol. The summed E-state index contributed by atoms with van der Waals surface area (Å²) in [4.78, 5) is 0. The van der Waals surface area contributed by atoms with Gasteiger partial charge >= 0.3 is 0 Å². The summed E-state index contributed by atoms with van der Waals surface area (Å²) in [6, 6.07) is 36.6. The maximum absolute atomic E-state index is 8.81. The third-order valence-corrected chi connectivity index (χ3v) is 7.20. The molecule has 0 bridgehead atoms. The van der Waals surface area contributed by atoms with Gasteiger partial charge in [0.1, 0.15) is 0 Å². The number of aromatic nitrogens is 2. The van der Waals surface area contributed by atoms with Crippen molar-refractivity contribution >= 4 is 54.4 Å². The molecule has 0 spiro atoms. The quantitative estimate of drug-likeness (QED) is 0.242. The second-order valence-corrected chi connectivity index (χ2v) is 9.12. The highest BCUT2D eigenvalue weighted by Crippen LogP contribution is 2.41. The molecule has 0 radical (unpaired) electrons. The summed E-state index contributed by atoms with van der Waals surface area (Å²) in [6.45, 7) is 0. The van der Waals surface area contributed by atoms with Crippen LogP contribution in [0.2, 0.25) is 0 Å². The molecule has 0 saturated heterocycles. The molecule has 0 aliphatic carbocycles. The number of hydrogen-bond donors (Lipinski definition) is 0. The van der Waals surface area contributed by atoms with Gasteiger partial charge in [0.2, 0.25) is 0 Å². The zero-order chi connectivity index (χ0) is 27.1. The van der Waals surface area contributed by atoms with Gasteiger partial charge in [0, 0.05) is 32.9 Å². The fourth-order valence-corrected chi connectivity index (χ4v) is 5.72. The monoisotopic (exact) mass is 462 g/mol. The van der Waals surface area contributed by atoms with Crippen molar-refractivity contribution in [1.29, 1.82) is 0 Å². The van der Waals surface area contributed by atoms with Crippen molar-refractivity contribution in [2.45, 2.75) is 0 Å². The maximum atomic E-state index is 8.81. The predicted octanol–water partition coefficient (Wildman–Crippen LogP) is 9.03. The van der Waals surface area contributed by atoms with E-state index in [1.54, 1.807) is 12.1 Å². The van der Waals surface area contributed by atoms with Gasteiger partial charge in [-0.15, -0.1) is 0 Å². The number of benzene rings is 6. The van der Waals surface area contributed by atoms with E-state index in [2.05, 4.69) is 63.7 Å². The van der Waals surface area contributed by atoms with Crippen molar-refractivity contribution < 1.29 is 5.48 Å².